The maximum Gasteiger partial charge on any atom is 0.190 e. The summed E-state index contributed by atoms with van der Waals surface area (Å²) in [7, 11) is 1.81. The van der Waals surface area contributed by atoms with E-state index in [1.54, 1.807) is 11.3 Å². The number of aliphatic imine (C=N–C) groups is 1. The van der Waals surface area contributed by atoms with Crippen LogP contribution in [0.5, 0.6) is 0 Å². The summed E-state index contributed by atoms with van der Waals surface area (Å²) in [6.07, 6.45) is 3.17. The predicted molar refractivity (Wildman–Crippen MR) is 115 cm³/mol. The Kier molecular flexibility index (Phi) is 9.94. The largest absolute Gasteiger partial charge is 0.356 e. The molecular formula is C18H27IN4S. The van der Waals surface area contributed by atoms with Crippen LogP contribution in [0, 0.1) is 13.8 Å². The van der Waals surface area contributed by atoms with Gasteiger partial charge in [0.2, 0.25) is 0 Å². The number of hydrogen-bond donors (Lipinski definition) is 2. The molecule has 132 valence electrons. The first-order valence-corrected chi connectivity index (χ1v) is 8.92. The van der Waals surface area contributed by atoms with E-state index in [0.717, 1.165) is 49.0 Å². The van der Waals surface area contributed by atoms with Crippen molar-refractivity contribution >= 4 is 41.3 Å². The van der Waals surface area contributed by atoms with Gasteiger partial charge in [-0.15, -0.1) is 35.3 Å². The topological polar surface area (TPSA) is 49.3 Å². The Hall–Kier alpha value is -1.15. The number of aryl methyl sites for hydroxylation is 3. The molecule has 0 bridgehead atoms. The van der Waals surface area contributed by atoms with Crippen LogP contribution in [0.15, 0.2) is 35.3 Å². The zero-order valence-electron chi connectivity index (χ0n) is 14.6. The first kappa shape index (κ1) is 20.9. The molecule has 0 aliphatic rings. The number of nitrogens with one attached hydrogen (secondary N) is 2. The van der Waals surface area contributed by atoms with E-state index in [9.17, 15) is 0 Å². The number of guanidine groups is 1. The molecule has 0 unspecified atom stereocenters. The van der Waals surface area contributed by atoms with E-state index in [4.69, 9.17) is 0 Å². The molecule has 2 N–H and O–H groups in total. The Bertz CT molecular complexity index is 625. The summed E-state index contributed by atoms with van der Waals surface area (Å²) in [6.45, 7) is 5.94. The molecule has 1 aromatic heterocycles. The van der Waals surface area contributed by atoms with Crippen molar-refractivity contribution in [2.75, 3.05) is 20.1 Å². The minimum atomic E-state index is 0. The second kappa shape index (κ2) is 11.4. The molecule has 0 atom stereocenters. The summed E-state index contributed by atoms with van der Waals surface area (Å²) in [4.78, 5) is 10.1. The third kappa shape index (κ3) is 7.17. The van der Waals surface area contributed by atoms with Crippen molar-refractivity contribution in [2.24, 2.45) is 4.99 Å². The molecule has 1 aromatic carbocycles. The Morgan fingerprint density at radius 3 is 2.42 bits per heavy atom. The molecule has 0 saturated carbocycles. The van der Waals surface area contributed by atoms with Gasteiger partial charge in [0.25, 0.3) is 0 Å². The molecule has 2 aromatic rings. The number of aromatic nitrogens is 1. The standard InChI is InChI=1S/C18H26N4S.HI/c1-14-17(23-15(2)22-14)11-13-21-18(19-3)20-12-7-10-16-8-5-4-6-9-16;/h4-6,8-9H,7,10-13H2,1-3H3,(H2,19,20,21);1H. The SMILES string of the molecule is CN=C(NCCCc1ccccc1)NCCc1sc(C)nc1C.I. The van der Waals surface area contributed by atoms with Crippen LogP contribution >= 0.6 is 35.3 Å². The summed E-state index contributed by atoms with van der Waals surface area (Å²) in [5.74, 6) is 0.872. The summed E-state index contributed by atoms with van der Waals surface area (Å²) in [5.41, 5.74) is 2.54. The van der Waals surface area contributed by atoms with E-state index in [1.807, 2.05) is 7.05 Å². The van der Waals surface area contributed by atoms with Gasteiger partial charge in [0.05, 0.1) is 10.7 Å². The summed E-state index contributed by atoms with van der Waals surface area (Å²) >= 11 is 1.78. The highest BCUT2D eigenvalue weighted by atomic mass is 127. The molecule has 0 amide bonds. The molecule has 6 heteroatoms. The van der Waals surface area contributed by atoms with Crippen LogP contribution in [-0.4, -0.2) is 31.1 Å². The maximum absolute atomic E-state index is 4.46. The number of thiazole rings is 1. The molecule has 0 fully saturated rings. The number of nitrogens with zero attached hydrogens (tertiary/aromatic N) is 2. The van der Waals surface area contributed by atoms with Crippen LogP contribution < -0.4 is 10.6 Å². The average molecular weight is 458 g/mol. The lowest BCUT2D eigenvalue weighted by Gasteiger charge is -2.11. The second-order valence-corrected chi connectivity index (χ2v) is 6.79. The van der Waals surface area contributed by atoms with E-state index < -0.39 is 0 Å². The van der Waals surface area contributed by atoms with E-state index in [2.05, 4.69) is 64.8 Å². The smallest absolute Gasteiger partial charge is 0.190 e. The first-order chi connectivity index (χ1) is 11.2. The van der Waals surface area contributed by atoms with Crippen molar-refractivity contribution < 1.29 is 0 Å². The van der Waals surface area contributed by atoms with Crippen molar-refractivity contribution in [3.05, 3.63) is 51.5 Å². The van der Waals surface area contributed by atoms with Gasteiger partial charge in [0.15, 0.2) is 5.96 Å². The Balaban J connectivity index is 0.00000288. The van der Waals surface area contributed by atoms with Crippen molar-refractivity contribution in [2.45, 2.75) is 33.1 Å². The third-order valence-electron chi connectivity index (χ3n) is 3.65. The number of halogens is 1. The Morgan fingerprint density at radius 2 is 1.79 bits per heavy atom. The second-order valence-electron chi connectivity index (χ2n) is 5.51. The molecule has 0 aliphatic carbocycles. The van der Waals surface area contributed by atoms with Crippen LogP contribution in [0.4, 0.5) is 0 Å². The fourth-order valence-corrected chi connectivity index (χ4v) is 3.40. The van der Waals surface area contributed by atoms with Gasteiger partial charge in [-0.05, 0) is 32.3 Å². The molecule has 0 spiro atoms. The van der Waals surface area contributed by atoms with Gasteiger partial charge in [-0.2, -0.15) is 0 Å². The van der Waals surface area contributed by atoms with E-state index in [-0.39, 0.29) is 24.0 Å². The minimum absolute atomic E-state index is 0. The lowest BCUT2D eigenvalue weighted by molar-refractivity contribution is 0.739. The zero-order valence-corrected chi connectivity index (χ0v) is 17.8. The molecule has 2 rings (SSSR count). The first-order valence-electron chi connectivity index (χ1n) is 8.10. The van der Waals surface area contributed by atoms with E-state index >= 15 is 0 Å². The van der Waals surface area contributed by atoms with Gasteiger partial charge in [-0.3, -0.25) is 4.99 Å². The number of rotatable bonds is 7. The molecule has 1 heterocycles. The lowest BCUT2D eigenvalue weighted by atomic mass is 10.1. The highest BCUT2D eigenvalue weighted by molar-refractivity contribution is 14.0. The van der Waals surface area contributed by atoms with Crippen LogP contribution in [-0.2, 0) is 12.8 Å². The van der Waals surface area contributed by atoms with Crippen molar-refractivity contribution in [3.8, 4) is 0 Å². The predicted octanol–water partition coefficient (Wildman–Crippen LogP) is 3.72. The van der Waals surface area contributed by atoms with Crippen LogP contribution in [0.1, 0.15) is 27.6 Å². The van der Waals surface area contributed by atoms with Crippen molar-refractivity contribution in [1.29, 1.82) is 0 Å². The van der Waals surface area contributed by atoms with Gasteiger partial charge in [-0.1, -0.05) is 30.3 Å². The Morgan fingerprint density at radius 1 is 1.08 bits per heavy atom. The van der Waals surface area contributed by atoms with Gasteiger partial charge >= 0.3 is 0 Å². The summed E-state index contributed by atoms with van der Waals surface area (Å²) < 4.78 is 0. The van der Waals surface area contributed by atoms with Crippen molar-refractivity contribution in [1.82, 2.24) is 15.6 Å². The fraction of sp³-hybridized carbons (Fsp3) is 0.444. The van der Waals surface area contributed by atoms with E-state index in [1.165, 1.54) is 10.4 Å². The highest BCUT2D eigenvalue weighted by Gasteiger charge is 2.05. The average Bonchev–Trinajstić information content (AvgIpc) is 2.88. The summed E-state index contributed by atoms with van der Waals surface area (Å²) in [6, 6.07) is 10.6. The molecule has 4 nitrogen and oxygen atoms in total. The fourth-order valence-electron chi connectivity index (χ4n) is 2.46. The van der Waals surface area contributed by atoms with Crippen molar-refractivity contribution in [3.63, 3.8) is 0 Å². The van der Waals surface area contributed by atoms with Gasteiger partial charge in [-0.25, -0.2) is 4.98 Å². The molecule has 0 radical (unpaired) electrons. The third-order valence-corrected chi connectivity index (χ3v) is 4.78. The molecule has 0 aliphatic heterocycles. The lowest BCUT2D eigenvalue weighted by Crippen LogP contribution is -2.38. The van der Waals surface area contributed by atoms with Crippen LogP contribution in [0.25, 0.3) is 0 Å². The normalized spacial score (nSPS) is 11.0. The highest BCUT2D eigenvalue weighted by Crippen LogP contribution is 2.16. The summed E-state index contributed by atoms with van der Waals surface area (Å²) in [5, 5.41) is 7.88. The van der Waals surface area contributed by atoms with Gasteiger partial charge < -0.3 is 10.6 Å². The molecular weight excluding hydrogens is 431 g/mol. The van der Waals surface area contributed by atoms with Crippen LogP contribution in [0.2, 0.25) is 0 Å². The number of hydrogen-bond acceptors (Lipinski definition) is 3. The zero-order chi connectivity index (χ0) is 16.5. The Labute approximate surface area is 166 Å². The van der Waals surface area contributed by atoms with Crippen LogP contribution in [0.3, 0.4) is 0 Å². The van der Waals surface area contributed by atoms with E-state index in [0.29, 0.717) is 0 Å². The minimum Gasteiger partial charge on any atom is -0.356 e. The van der Waals surface area contributed by atoms with Gasteiger partial charge in [0, 0.05) is 31.4 Å². The quantitative estimate of drug-likeness (QED) is 0.288. The molecule has 0 saturated heterocycles. The van der Waals surface area contributed by atoms with Gasteiger partial charge in [0.1, 0.15) is 0 Å². The number of benzene rings is 1. The monoisotopic (exact) mass is 458 g/mol. The maximum atomic E-state index is 4.46. The molecule has 24 heavy (non-hydrogen) atoms.